The second-order valence-electron chi connectivity index (χ2n) is 4.55. The average Bonchev–Trinajstić information content (AvgIpc) is 2.36. The van der Waals surface area contributed by atoms with E-state index in [2.05, 4.69) is 25.7 Å². The van der Waals surface area contributed by atoms with Crippen molar-refractivity contribution in [2.24, 2.45) is 5.92 Å². The lowest BCUT2D eigenvalue weighted by Gasteiger charge is -2.37. The van der Waals surface area contributed by atoms with Crippen molar-refractivity contribution in [2.75, 3.05) is 14.2 Å². The van der Waals surface area contributed by atoms with E-state index in [1.807, 2.05) is 6.08 Å². The molecule has 3 heteroatoms. The zero-order valence-electron chi connectivity index (χ0n) is 10.7. The zero-order valence-corrected chi connectivity index (χ0v) is 11.7. The van der Waals surface area contributed by atoms with E-state index in [4.69, 9.17) is 8.85 Å². The largest absolute Gasteiger partial charge is 0.397 e. The Morgan fingerprint density at radius 1 is 1.44 bits per heavy atom. The Balaban J connectivity index is 2.75. The van der Waals surface area contributed by atoms with Gasteiger partial charge in [-0.3, -0.25) is 0 Å². The zero-order chi connectivity index (χ0) is 12.0. The van der Waals surface area contributed by atoms with Gasteiger partial charge in [-0.05, 0) is 25.2 Å². The molecule has 0 radical (unpaired) electrons. The smallest absolute Gasteiger partial charge is 0.344 e. The first-order chi connectivity index (χ1) is 7.70. The Kier molecular flexibility index (Phi) is 5.45. The van der Waals surface area contributed by atoms with Gasteiger partial charge in [0.25, 0.3) is 0 Å². The van der Waals surface area contributed by atoms with Crippen LogP contribution in [0.5, 0.6) is 0 Å². The Bertz CT molecular complexity index is 246. The van der Waals surface area contributed by atoms with Crippen molar-refractivity contribution in [1.82, 2.24) is 0 Å². The SMILES string of the molecule is C=CC[Si](OC)(OC)C(C)C1CC=CCC1. The van der Waals surface area contributed by atoms with Gasteiger partial charge in [0, 0.05) is 25.8 Å². The molecule has 0 spiro atoms. The molecule has 1 aliphatic rings. The quantitative estimate of drug-likeness (QED) is 0.521. The van der Waals surface area contributed by atoms with Crippen molar-refractivity contribution >= 4 is 8.56 Å². The molecule has 1 aliphatic carbocycles. The molecule has 0 fully saturated rings. The van der Waals surface area contributed by atoms with Gasteiger partial charge >= 0.3 is 8.56 Å². The molecular weight excluding hydrogens is 216 g/mol. The first kappa shape index (κ1) is 13.7. The molecule has 0 N–H and O–H groups in total. The summed E-state index contributed by atoms with van der Waals surface area (Å²) in [4.78, 5) is 0. The normalized spacial score (nSPS) is 23.1. The van der Waals surface area contributed by atoms with Gasteiger partial charge in [0.05, 0.1) is 0 Å². The number of allylic oxidation sites excluding steroid dienone is 3. The fraction of sp³-hybridized carbons (Fsp3) is 0.692. The predicted octanol–water partition coefficient (Wildman–Crippen LogP) is 3.65. The summed E-state index contributed by atoms with van der Waals surface area (Å²) in [7, 11) is 1.49. The van der Waals surface area contributed by atoms with Crippen LogP contribution < -0.4 is 0 Å². The van der Waals surface area contributed by atoms with Crippen molar-refractivity contribution in [3.8, 4) is 0 Å². The van der Waals surface area contributed by atoms with E-state index in [0.717, 1.165) is 6.04 Å². The summed E-state index contributed by atoms with van der Waals surface area (Å²) in [5.41, 5.74) is 0.519. The van der Waals surface area contributed by atoms with Gasteiger partial charge in [-0.25, -0.2) is 0 Å². The summed E-state index contributed by atoms with van der Waals surface area (Å²) in [6.07, 6.45) is 10.1. The highest BCUT2D eigenvalue weighted by Crippen LogP contribution is 2.39. The van der Waals surface area contributed by atoms with Crippen LogP contribution in [0.1, 0.15) is 26.2 Å². The molecular formula is C13H24O2Si. The van der Waals surface area contributed by atoms with Crippen LogP contribution in [0, 0.1) is 5.92 Å². The van der Waals surface area contributed by atoms with Gasteiger partial charge in [-0.15, -0.1) is 6.58 Å². The van der Waals surface area contributed by atoms with Crippen molar-refractivity contribution in [1.29, 1.82) is 0 Å². The van der Waals surface area contributed by atoms with Gasteiger partial charge in [0.2, 0.25) is 0 Å². The van der Waals surface area contributed by atoms with E-state index in [0.29, 0.717) is 11.5 Å². The third-order valence-electron chi connectivity index (χ3n) is 3.83. The maximum absolute atomic E-state index is 5.76. The molecule has 0 saturated heterocycles. The second-order valence-corrected chi connectivity index (χ2v) is 8.31. The van der Waals surface area contributed by atoms with Gasteiger partial charge < -0.3 is 8.85 Å². The highest BCUT2D eigenvalue weighted by atomic mass is 28.4. The summed E-state index contributed by atoms with van der Waals surface area (Å²) < 4.78 is 11.5. The average molecular weight is 240 g/mol. The summed E-state index contributed by atoms with van der Waals surface area (Å²) in [5.74, 6) is 0.705. The Labute approximate surface area is 101 Å². The number of rotatable bonds is 6. The fourth-order valence-electron chi connectivity index (χ4n) is 2.64. The molecule has 16 heavy (non-hydrogen) atoms. The summed E-state index contributed by atoms with van der Waals surface area (Å²) in [6.45, 7) is 6.11. The minimum Gasteiger partial charge on any atom is -0.397 e. The highest BCUT2D eigenvalue weighted by Gasteiger charge is 2.44. The van der Waals surface area contributed by atoms with Crippen molar-refractivity contribution in [2.45, 2.75) is 37.8 Å². The van der Waals surface area contributed by atoms with Gasteiger partial charge in [-0.2, -0.15) is 0 Å². The van der Waals surface area contributed by atoms with Crippen molar-refractivity contribution in [3.63, 3.8) is 0 Å². The van der Waals surface area contributed by atoms with E-state index in [1.54, 1.807) is 14.2 Å². The van der Waals surface area contributed by atoms with Gasteiger partial charge in [-0.1, -0.05) is 25.2 Å². The van der Waals surface area contributed by atoms with E-state index in [9.17, 15) is 0 Å². The monoisotopic (exact) mass is 240 g/mol. The lowest BCUT2D eigenvalue weighted by molar-refractivity contribution is 0.217. The van der Waals surface area contributed by atoms with E-state index in [1.165, 1.54) is 19.3 Å². The van der Waals surface area contributed by atoms with Crippen molar-refractivity contribution in [3.05, 3.63) is 24.8 Å². The Morgan fingerprint density at radius 3 is 2.56 bits per heavy atom. The van der Waals surface area contributed by atoms with E-state index in [-0.39, 0.29) is 0 Å². The maximum atomic E-state index is 5.76. The van der Waals surface area contributed by atoms with Crippen LogP contribution in [0.3, 0.4) is 0 Å². The van der Waals surface area contributed by atoms with Crippen LogP contribution in [0.25, 0.3) is 0 Å². The third kappa shape index (κ3) is 2.84. The van der Waals surface area contributed by atoms with E-state index < -0.39 is 8.56 Å². The molecule has 0 aromatic carbocycles. The van der Waals surface area contributed by atoms with Crippen LogP contribution in [0.4, 0.5) is 0 Å². The number of hydrogen-bond acceptors (Lipinski definition) is 2. The van der Waals surface area contributed by atoms with Gasteiger partial charge in [0.1, 0.15) is 0 Å². The third-order valence-corrected chi connectivity index (χ3v) is 7.93. The highest BCUT2D eigenvalue weighted by molar-refractivity contribution is 6.69. The molecule has 0 bridgehead atoms. The lowest BCUT2D eigenvalue weighted by Crippen LogP contribution is -2.46. The number of hydrogen-bond donors (Lipinski definition) is 0. The van der Waals surface area contributed by atoms with Crippen LogP contribution >= 0.6 is 0 Å². The van der Waals surface area contributed by atoms with E-state index >= 15 is 0 Å². The first-order valence-corrected chi connectivity index (χ1v) is 8.16. The molecule has 0 saturated carbocycles. The Hall–Kier alpha value is -0.383. The molecule has 0 aromatic rings. The first-order valence-electron chi connectivity index (χ1n) is 6.06. The molecule has 0 aromatic heterocycles. The fourth-order valence-corrected chi connectivity index (χ4v) is 5.68. The van der Waals surface area contributed by atoms with Gasteiger partial charge in [0.15, 0.2) is 0 Å². The molecule has 2 atom stereocenters. The summed E-state index contributed by atoms with van der Waals surface area (Å²) in [5, 5.41) is 0. The minimum atomic E-state index is -2.09. The molecule has 92 valence electrons. The molecule has 1 rings (SSSR count). The van der Waals surface area contributed by atoms with Crippen molar-refractivity contribution < 1.29 is 8.85 Å². The van der Waals surface area contributed by atoms with Crippen LogP contribution in [0.15, 0.2) is 24.8 Å². The summed E-state index contributed by atoms with van der Waals surface area (Å²) in [6, 6.07) is 0.876. The molecule has 0 aliphatic heterocycles. The molecule has 2 unspecified atom stereocenters. The van der Waals surface area contributed by atoms with Crippen LogP contribution in [0.2, 0.25) is 11.6 Å². The topological polar surface area (TPSA) is 18.5 Å². The summed E-state index contributed by atoms with van der Waals surface area (Å²) >= 11 is 0. The molecule has 0 amide bonds. The van der Waals surface area contributed by atoms with Crippen LogP contribution in [-0.2, 0) is 8.85 Å². The lowest BCUT2D eigenvalue weighted by atomic mass is 9.92. The maximum Gasteiger partial charge on any atom is 0.344 e. The molecule has 0 heterocycles. The van der Waals surface area contributed by atoms with Crippen LogP contribution in [-0.4, -0.2) is 22.8 Å². The second kappa shape index (κ2) is 6.38. The standard InChI is InChI=1S/C13H24O2Si/c1-5-11-16(14-3,15-4)12(2)13-9-7-6-8-10-13/h5-7,12-13H,1,8-11H2,2-4H3. The Morgan fingerprint density at radius 2 is 2.12 bits per heavy atom. The molecule has 2 nitrogen and oxygen atoms in total. The predicted molar refractivity (Wildman–Crippen MR) is 70.7 cm³/mol. The minimum absolute atomic E-state index is 0.519.